The molecule has 0 aliphatic heterocycles. The number of carbonyl (C=O) groups excluding carboxylic acids is 1. The molecule has 0 aliphatic carbocycles. The number of aliphatic hydroxyl groups is 1. The molecule has 1 N–H and O–H groups in total. The van der Waals surface area contributed by atoms with Crippen molar-refractivity contribution in [1.82, 2.24) is 0 Å². The zero-order valence-corrected chi connectivity index (χ0v) is 8.15. The molecule has 0 spiro atoms. The molecule has 0 fully saturated rings. The molecule has 0 saturated heterocycles. The molecule has 4 heteroatoms. The van der Waals surface area contributed by atoms with Crippen LogP contribution in [0.3, 0.4) is 0 Å². The molecule has 0 aromatic rings. The lowest BCUT2D eigenvalue weighted by atomic mass is 9.91. The van der Waals surface area contributed by atoms with E-state index in [1.807, 2.05) is 6.07 Å². The van der Waals surface area contributed by atoms with E-state index in [9.17, 15) is 9.90 Å². The molecule has 0 bridgehead atoms. The summed E-state index contributed by atoms with van der Waals surface area (Å²) in [6.07, 6.45) is -0.686. The molecule has 0 radical (unpaired) electrons. The van der Waals surface area contributed by atoms with E-state index in [2.05, 4.69) is 0 Å². The first-order valence-electron chi connectivity index (χ1n) is 4.28. The largest absolute Gasteiger partial charge is 0.465 e. The van der Waals surface area contributed by atoms with Crippen molar-refractivity contribution in [3.63, 3.8) is 0 Å². The van der Waals surface area contributed by atoms with Gasteiger partial charge in [-0.25, -0.2) is 0 Å². The van der Waals surface area contributed by atoms with E-state index < -0.39 is 23.9 Å². The highest BCUT2D eigenvalue weighted by molar-refractivity contribution is 5.75. The lowest BCUT2D eigenvalue weighted by Crippen LogP contribution is -2.29. The van der Waals surface area contributed by atoms with E-state index in [1.165, 1.54) is 0 Å². The monoisotopic (exact) mass is 185 g/mol. The van der Waals surface area contributed by atoms with E-state index in [1.54, 1.807) is 20.8 Å². The second-order valence-electron chi connectivity index (χ2n) is 2.96. The Balaban J connectivity index is 4.35. The standard InChI is InChI=1S/C9H15NO3/c1-4-13-9(12)8(5-10)6(2)7(3)11/h6-8,11H,4H2,1-3H3. The van der Waals surface area contributed by atoms with Gasteiger partial charge in [0.1, 0.15) is 5.92 Å². The van der Waals surface area contributed by atoms with Gasteiger partial charge in [0.2, 0.25) is 0 Å². The Hall–Kier alpha value is -1.08. The molecule has 4 nitrogen and oxygen atoms in total. The Morgan fingerprint density at radius 3 is 2.46 bits per heavy atom. The van der Waals surface area contributed by atoms with Crippen molar-refractivity contribution in [1.29, 1.82) is 5.26 Å². The number of hydrogen-bond acceptors (Lipinski definition) is 4. The summed E-state index contributed by atoms with van der Waals surface area (Å²) in [5.41, 5.74) is 0. The highest BCUT2D eigenvalue weighted by atomic mass is 16.5. The van der Waals surface area contributed by atoms with Gasteiger partial charge >= 0.3 is 5.97 Å². The average molecular weight is 185 g/mol. The minimum atomic E-state index is -0.875. The summed E-state index contributed by atoms with van der Waals surface area (Å²) in [6.45, 7) is 5.13. The van der Waals surface area contributed by atoms with E-state index in [-0.39, 0.29) is 6.61 Å². The molecular formula is C9H15NO3. The van der Waals surface area contributed by atoms with E-state index in [4.69, 9.17) is 10.00 Å². The fraction of sp³-hybridized carbons (Fsp3) is 0.778. The highest BCUT2D eigenvalue weighted by Crippen LogP contribution is 2.16. The molecule has 3 atom stereocenters. The predicted molar refractivity (Wildman–Crippen MR) is 46.6 cm³/mol. The van der Waals surface area contributed by atoms with Gasteiger partial charge in [0.25, 0.3) is 0 Å². The van der Waals surface area contributed by atoms with Crippen LogP contribution in [-0.2, 0) is 9.53 Å². The van der Waals surface area contributed by atoms with E-state index in [0.717, 1.165) is 0 Å². The van der Waals surface area contributed by atoms with Crippen LogP contribution in [0.1, 0.15) is 20.8 Å². The number of nitriles is 1. The Morgan fingerprint density at radius 2 is 2.15 bits per heavy atom. The first-order valence-corrected chi connectivity index (χ1v) is 4.28. The minimum absolute atomic E-state index is 0.254. The van der Waals surface area contributed by atoms with Gasteiger partial charge < -0.3 is 9.84 Å². The average Bonchev–Trinajstić information content (AvgIpc) is 2.05. The van der Waals surface area contributed by atoms with Gasteiger partial charge in [-0.1, -0.05) is 6.92 Å². The number of rotatable bonds is 4. The fourth-order valence-corrected chi connectivity index (χ4v) is 0.895. The number of aliphatic hydroxyl groups excluding tert-OH is 1. The maximum absolute atomic E-state index is 11.2. The third-order valence-corrected chi connectivity index (χ3v) is 1.97. The summed E-state index contributed by atoms with van der Waals surface area (Å²) in [4.78, 5) is 11.2. The van der Waals surface area contributed by atoms with E-state index in [0.29, 0.717) is 0 Å². The number of ether oxygens (including phenoxy) is 1. The molecule has 13 heavy (non-hydrogen) atoms. The van der Waals surface area contributed by atoms with Crippen molar-refractivity contribution in [3.05, 3.63) is 0 Å². The number of esters is 1. The first kappa shape index (κ1) is 11.9. The Kier molecular flexibility index (Phi) is 5.09. The van der Waals surface area contributed by atoms with Crippen LogP contribution in [0.25, 0.3) is 0 Å². The quantitative estimate of drug-likeness (QED) is 0.655. The molecule has 0 heterocycles. The number of hydrogen-bond donors (Lipinski definition) is 1. The van der Waals surface area contributed by atoms with Crippen LogP contribution in [0.2, 0.25) is 0 Å². The van der Waals surface area contributed by atoms with Crippen LogP contribution in [0.15, 0.2) is 0 Å². The van der Waals surface area contributed by atoms with Gasteiger partial charge in [0.15, 0.2) is 0 Å². The molecule has 0 saturated carbocycles. The fourth-order valence-electron chi connectivity index (χ4n) is 0.895. The van der Waals surface area contributed by atoms with Crippen LogP contribution >= 0.6 is 0 Å². The van der Waals surface area contributed by atoms with Gasteiger partial charge in [-0.15, -0.1) is 0 Å². The van der Waals surface area contributed by atoms with Gasteiger partial charge in [-0.2, -0.15) is 5.26 Å². The molecular weight excluding hydrogens is 170 g/mol. The van der Waals surface area contributed by atoms with Crippen molar-refractivity contribution >= 4 is 5.97 Å². The lowest BCUT2D eigenvalue weighted by molar-refractivity contribution is -0.148. The summed E-state index contributed by atoms with van der Waals surface area (Å²) in [5, 5.41) is 17.9. The molecule has 0 amide bonds. The number of carbonyl (C=O) groups is 1. The van der Waals surface area contributed by atoms with Crippen LogP contribution in [0.4, 0.5) is 0 Å². The second-order valence-corrected chi connectivity index (χ2v) is 2.96. The van der Waals surface area contributed by atoms with Gasteiger partial charge in [-0.3, -0.25) is 4.79 Å². The topological polar surface area (TPSA) is 70.3 Å². The summed E-state index contributed by atoms with van der Waals surface area (Å²) in [6, 6.07) is 1.83. The Morgan fingerprint density at radius 1 is 1.62 bits per heavy atom. The smallest absolute Gasteiger partial charge is 0.323 e. The third kappa shape index (κ3) is 3.43. The predicted octanol–water partition coefficient (Wildman–Crippen LogP) is 0.706. The maximum Gasteiger partial charge on any atom is 0.323 e. The third-order valence-electron chi connectivity index (χ3n) is 1.97. The van der Waals surface area contributed by atoms with Crippen molar-refractivity contribution in [2.24, 2.45) is 11.8 Å². The molecule has 0 aromatic heterocycles. The van der Waals surface area contributed by atoms with Crippen molar-refractivity contribution < 1.29 is 14.6 Å². The maximum atomic E-state index is 11.2. The van der Waals surface area contributed by atoms with Gasteiger partial charge in [0.05, 0.1) is 18.8 Å². The minimum Gasteiger partial charge on any atom is -0.465 e. The summed E-state index contributed by atoms with van der Waals surface area (Å²) < 4.78 is 4.69. The summed E-state index contributed by atoms with van der Waals surface area (Å²) in [5.74, 6) is -1.83. The second kappa shape index (κ2) is 5.55. The Labute approximate surface area is 78.1 Å². The van der Waals surface area contributed by atoms with Crippen LogP contribution in [0.5, 0.6) is 0 Å². The zero-order chi connectivity index (χ0) is 10.4. The van der Waals surface area contributed by atoms with Crippen LogP contribution < -0.4 is 0 Å². The molecule has 0 rings (SSSR count). The normalized spacial score (nSPS) is 16.8. The van der Waals surface area contributed by atoms with Crippen molar-refractivity contribution in [2.45, 2.75) is 26.9 Å². The molecule has 3 unspecified atom stereocenters. The highest BCUT2D eigenvalue weighted by Gasteiger charge is 2.29. The van der Waals surface area contributed by atoms with Gasteiger partial charge in [0, 0.05) is 5.92 Å². The molecule has 0 aliphatic rings. The molecule has 74 valence electrons. The first-order chi connectivity index (χ1) is 6.04. The SMILES string of the molecule is CCOC(=O)C(C#N)C(C)C(C)O. The van der Waals surface area contributed by atoms with Gasteiger partial charge in [-0.05, 0) is 13.8 Å². The van der Waals surface area contributed by atoms with Crippen LogP contribution in [0, 0.1) is 23.2 Å². The molecule has 0 aromatic carbocycles. The zero-order valence-electron chi connectivity index (χ0n) is 8.15. The summed E-state index contributed by atoms with van der Waals surface area (Å²) >= 11 is 0. The van der Waals surface area contributed by atoms with Crippen molar-refractivity contribution in [3.8, 4) is 6.07 Å². The summed E-state index contributed by atoms with van der Waals surface area (Å²) in [7, 11) is 0. The van der Waals surface area contributed by atoms with Crippen LogP contribution in [-0.4, -0.2) is 23.8 Å². The Bertz CT molecular complexity index is 207. The van der Waals surface area contributed by atoms with Crippen molar-refractivity contribution in [2.75, 3.05) is 6.61 Å². The van der Waals surface area contributed by atoms with E-state index >= 15 is 0 Å². The lowest BCUT2D eigenvalue weighted by Gasteiger charge is -2.18. The number of nitrogens with zero attached hydrogens (tertiary/aromatic N) is 1.